The predicted octanol–water partition coefficient (Wildman–Crippen LogP) is 3.77. The molecule has 0 fully saturated rings. The number of benzene rings is 1. The van der Waals surface area contributed by atoms with E-state index in [9.17, 15) is 17.6 Å². The third-order valence-corrected chi connectivity index (χ3v) is 3.75. The van der Waals surface area contributed by atoms with Gasteiger partial charge in [-0.3, -0.25) is 0 Å². The predicted molar refractivity (Wildman–Crippen MR) is 63.2 cm³/mol. The van der Waals surface area contributed by atoms with Crippen LogP contribution >= 0.6 is 11.3 Å². The Morgan fingerprint density at radius 1 is 1.32 bits per heavy atom. The maximum atomic E-state index is 13.4. The minimum absolute atomic E-state index is 0.202. The molecule has 0 saturated heterocycles. The third-order valence-electron chi connectivity index (χ3n) is 2.56. The van der Waals surface area contributed by atoms with E-state index in [1.54, 1.807) is 6.92 Å². The number of aliphatic hydroxyl groups excluding tert-OH is 1. The van der Waals surface area contributed by atoms with Crippen molar-refractivity contribution in [1.82, 2.24) is 4.98 Å². The molecule has 0 bridgehead atoms. The number of thiazole rings is 1. The molecule has 19 heavy (non-hydrogen) atoms. The van der Waals surface area contributed by atoms with E-state index in [2.05, 4.69) is 4.98 Å². The molecule has 1 heterocycles. The van der Waals surface area contributed by atoms with Gasteiger partial charge in [-0.05, 0) is 19.1 Å². The van der Waals surface area contributed by atoms with Gasteiger partial charge >= 0.3 is 6.18 Å². The monoisotopic (exact) mass is 291 g/mol. The minimum atomic E-state index is -4.71. The summed E-state index contributed by atoms with van der Waals surface area (Å²) in [7, 11) is 0. The molecule has 2 aromatic rings. The van der Waals surface area contributed by atoms with Crippen LogP contribution in [0.3, 0.4) is 0 Å². The molecule has 2 nitrogen and oxygen atoms in total. The van der Waals surface area contributed by atoms with E-state index >= 15 is 0 Å². The topological polar surface area (TPSA) is 33.1 Å². The minimum Gasteiger partial charge on any atom is -0.391 e. The van der Waals surface area contributed by atoms with Gasteiger partial charge in [0.1, 0.15) is 10.8 Å². The van der Waals surface area contributed by atoms with Crippen molar-refractivity contribution in [2.75, 3.05) is 0 Å². The largest absolute Gasteiger partial charge is 0.419 e. The highest BCUT2D eigenvalue weighted by Gasteiger charge is 2.34. The molecule has 0 atom stereocenters. The maximum absolute atomic E-state index is 13.4. The van der Waals surface area contributed by atoms with Gasteiger partial charge in [-0.25, -0.2) is 9.37 Å². The molecule has 0 unspecified atom stereocenters. The fourth-order valence-corrected chi connectivity index (χ4v) is 2.49. The fraction of sp³-hybridized carbons (Fsp3) is 0.250. The van der Waals surface area contributed by atoms with Crippen molar-refractivity contribution in [1.29, 1.82) is 0 Å². The van der Waals surface area contributed by atoms with Crippen molar-refractivity contribution in [3.8, 4) is 10.6 Å². The number of halogens is 4. The smallest absolute Gasteiger partial charge is 0.391 e. The first kappa shape index (κ1) is 14.0. The Bertz CT molecular complexity index is 606. The van der Waals surface area contributed by atoms with E-state index in [1.807, 2.05) is 0 Å². The van der Waals surface area contributed by atoms with E-state index in [0.29, 0.717) is 21.6 Å². The first-order valence-corrected chi connectivity index (χ1v) is 6.09. The van der Waals surface area contributed by atoms with Crippen molar-refractivity contribution >= 4 is 11.3 Å². The van der Waals surface area contributed by atoms with Crippen molar-refractivity contribution in [2.24, 2.45) is 0 Å². The quantitative estimate of drug-likeness (QED) is 0.854. The molecule has 1 aromatic carbocycles. The second-order valence-electron chi connectivity index (χ2n) is 3.88. The zero-order valence-corrected chi connectivity index (χ0v) is 10.6. The van der Waals surface area contributed by atoms with Gasteiger partial charge < -0.3 is 5.11 Å². The van der Waals surface area contributed by atoms with Gasteiger partial charge in [-0.15, -0.1) is 11.3 Å². The number of alkyl halides is 3. The normalized spacial score (nSPS) is 11.9. The summed E-state index contributed by atoms with van der Waals surface area (Å²) < 4.78 is 50.7. The Balaban J connectivity index is 2.44. The molecular formula is C12H9F4NOS. The summed E-state index contributed by atoms with van der Waals surface area (Å²) >= 11 is 1.13. The van der Waals surface area contributed by atoms with Gasteiger partial charge in [0.25, 0.3) is 0 Å². The lowest BCUT2D eigenvalue weighted by atomic mass is 10.1. The van der Waals surface area contributed by atoms with Crippen LogP contribution in [0.15, 0.2) is 18.2 Å². The molecule has 0 aliphatic rings. The van der Waals surface area contributed by atoms with Gasteiger partial charge in [0.05, 0.1) is 22.7 Å². The molecule has 0 saturated carbocycles. The van der Waals surface area contributed by atoms with Crippen LogP contribution in [0.25, 0.3) is 10.6 Å². The first-order valence-electron chi connectivity index (χ1n) is 5.27. The zero-order valence-electron chi connectivity index (χ0n) is 9.75. The molecule has 0 spiro atoms. The van der Waals surface area contributed by atoms with Crippen molar-refractivity contribution in [3.05, 3.63) is 40.2 Å². The van der Waals surface area contributed by atoms with Gasteiger partial charge in [0.2, 0.25) is 0 Å². The van der Waals surface area contributed by atoms with Crippen LogP contribution in [0, 0.1) is 12.7 Å². The molecule has 7 heteroatoms. The highest BCUT2D eigenvalue weighted by atomic mass is 32.1. The Kier molecular flexibility index (Phi) is 3.60. The van der Waals surface area contributed by atoms with Crippen molar-refractivity contribution < 1.29 is 22.7 Å². The number of rotatable bonds is 2. The molecule has 1 N–H and O–H groups in total. The molecule has 2 rings (SSSR count). The van der Waals surface area contributed by atoms with Crippen molar-refractivity contribution in [3.63, 3.8) is 0 Å². The second kappa shape index (κ2) is 4.90. The average Bonchev–Trinajstić information content (AvgIpc) is 2.68. The molecule has 0 radical (unpaired) electrons. The van der Waals surface area contributed by atoms with Gasteiger partial charge in [-0.2, -0.15) is 13.2 Å². The number of nitrogens with zero attached hydrogens (tertiary/aromatic N) is 1. The third kappa shape index (κ3) is 2.76. The van der Waals surface area contributed by atoms with E-state index in [-0.39, 0.29) is 12.2 Å². The average molecular weight is 291 g/mol. The number of aryl methyl sites for hydroxylation is 1. The van der Waals surface area contributed by atoms with Crippen molar-refractivity contribution in [2.45, 2.75) is 19.7 Å². The van der Waals surface area contributed by atoms with Crippen LogP contribution < -0.4 is 0 Å². The van der Waals surface area contributed by atoms with Crippen LogP contribution in [0.2, 0.25) is 0 Å². The summed E-state index contributed by atoms with van der Waals surface area (Å²) in [5.41, 5.74) is -0.451. The lowest BCUT2D eigenvalue weighted by molar-refractivity contribution is -0.139. The zero-order chi connectivity index (χ0) is 14.2. The van der Waals surface area contributed by atoms with Crippen LogP contribution in [0.4, 0.5) is 17.6 Å². The summed E-state index contributed by atoms with van der Waals surface area (Å²) in [5, 5.41) is 9.42. The SMILES string of the molecule is Cc1nc(-c2ccc(C(F)(F)F)c(F)c2)sc1CO. The molecular weight excluding hydrogens is 282 g/mol. The maximum Gasteiger partial charge on any atom is 0.419 e. The number of aromatic nitrogens is 1. The highest BCUT2D eigenvalue weighted by Crippen LogP contribution is 2.34. The summed E-state index contributed by atoms with van der Waals surface area (Å²) in [6, 6.07) is 2.67. The lowest BCUT2D eigenvalue weighted by Gasteiger charge is -2.08. The Hall–Kier alpha value is -1.47. The Labute approximate surface area is 110 Å². The molecule has 0 aliphatic carbocycles. The van der Waals surface area contributed by atoms with Gasteiger partial charge in [0.15, 0.2) is 0 Å². The highest BCUT2D eigenvalue weighted by molar-refractivity contribution is 7.15. The first-order chi connectivity index (χ1) is 8.82. The number of hydrogen-bond acceptors (Lipinski definition) is 3. The second-order valence-corrected chi connectivity index (χ2v) is 4.96. The fourth-order valence-electron chi connectivity index (χ4n) is 1.58. The van der Waals surface area contributed by atoms with Gasteiger partial charge in [0, 0.05) is 5.56 Å². The molecule has 102 valence electrons. The van der Waals surface area contributed by atoms with E-state index in [1.165, 1.54) is 6.07 Å². The van der Waals surface area contributed by atoms with Crippen LogP contribution in [-0.2, 0) is 12.8 Å². The molecule has 0 aliphatic heterocycles. The van der Waals surface area contributed by atoms with Crippen LogP contribution in [0.5, 0.6) is 0 Å². The van der Waals surface area contributed by atoms with Crippen LogP contribution in [-0.4, -0.2) is 10.1 Å². The molecule has 1 aromatic heterocycles. The molecule has 0 amide bonds. The van der Waals surface area contributed by atoms with Gasteiger partial charge in [-0.1, -0.05) is 6.07 Å². The Morgan fingerprint density at radius 3 is 2.47 bits per heavy atom. The summed E-state index contributed by atoms with van der Waals surface area (Å²) in [5.74, 6) is -1.33. The van der Waals surface area contributed by atoms with E-state index in [0.717, 1.165) is 17.4 Å². The lowest BCUT2D eigenvalue weighted by Crippen LogP contribution is -2.07. The van der Waals surface area contributed by atoms with Crippen LogP contribution in [0.1, 0.15) is 16.1 Å². The van der Waals surface area contributed by atoms with E-state index in [4.69, 9.17) is 5.11 Å². The summed E-state index contributed by atoms with van der Waals surface area (Å²) in [6.45, 7) is 1.47. The number of aliphatic hydroxyl groups is 1. The number of hydrogen-bond donors (Lipinski definition) is 1. The van der Waals surface area contributed by atoms with E-state index < -0.39 is 17.6 Å². The standard InChI is InChI=1S/C12H9F4NOS/c1-6-10(5-18)19-11(17-6)7-2-3-8(9(13)4-7)12(14,15)16/h2-4,18H,5H2,1H3. The summed E-state index contributed by atoms with van der Waals surface area (Å²) in [4.78, 5) is 4.70. The summed E-state index contributed by atoms with van der Waals surface area (Å²) in [6.07, 6.45) is -4.71. The Morgan fingerprint density at radius 2 is 2.00 bits per heavy atom.